The van der Waals surface area contributed by atoms with Gasteiger partial charge in [0, 0.05) is 6.54 Å². The Hall–Kier alpha value is -1.32. The van der Waals surface area contributed by atoms with E-state index >= 15 is 0 Å². The van der Waals surface area contributed by atoms with Gasteiger partial charge in [0.1, 0.15) is 0 Å². The van der Waals surface area contributed by atoms with Crippen molar-refractivity contribution < 1.29 is 14.7 Å². The van der Waals surface area contributed by atoms with Crippen molar-refractivity contribution >= 4 is 11.9 Å². The molecule has 0 aromatic heterocycles. The largest absolute Gasteiger partial charge is 0.481 e. The topological polar surface area (TPSA) is 66.4 Å². The number of carboxylic acid groups (broad SMARTS) is 1. The smallest absolute Gasteiger partial charge is 0.307 e. The van der Waals surface area contributed by atoms with Gasteiger partial charge in [-0.3, -0.25) is 9.59 Å². The Bertz CT molecular complexity index is 352. The molecule has 0 saturated carbocycles. The van der Waals surface area contributed by atoms with Gasteiger partial charge in [0.2, 0.25) is 5.91 Å². The Morgan fingerprint density at radius 2 is 1.90 bits per heavy atom. The van der Waals surface area contributed by atoms with Crippen LogP contribution in [0, 0.1) is 17.8 Å². The Morgan fingerprint density at radius 1 is 1.25 bits per heavy atom. The van der Waals surface area contributed by atoms with Gasteiger partial charge in [-0.05, 0) is 25.2 Å². The van der Waals surface area contributed by atoms with Crippen LogP contribution in [0.1, 0.15) is 52.4 Å². The molecule has 1 aliphatic rings. The highest BCUT2D eigenvalue weighted by Gasteiger charge is 2.33. The predicted octanol–water partition coefficient (Wildman–Crippen LogP) is 2.99. The van der Waals surface area contributed by atoms with Gasteiger partial charge < -0.3 is 10.4 Å². The summed E-state index contributed by atoms with van der Waals surface area (Å²) < 4.78 is 0. The molecule has 4 heteroatoms. The molecule has 1 aliphatic carbocycles. The molecule has 0 fully saturated rings. The molecule has 0 unspecified atom stereocenters. The number of unbranched alkanes of at least 4 members (excludes halogenated alkanes) is 1. The molecule has 1 amide bonds. The van der Waals surface area contributed by atoms with Crippen molar-refractivity contribution in [1.29, 1.82) is 0 Å². The van der Waals surface area contributed by atoms with Crippen molar-refractivity contribution in [3.63, 3.8) is 0 Å². The fraction of sp³-hybridized carbons (Fsp3) is 0.750. The maximum absolute atomic E-state index is 12.2. The van der Waals surface area contributed by atoms with Crippen LogP contribution in [0.3, 0.4) is 0 Å². The number of carbonyl (C=O) groups is 2. The zero-order valence-electron chi connectivity index (χ0n) is 12.6. The third-order valence-corrected chi connectivity index (χ3v) is 4.19. The van der Waals surface area contributed by atoms with Crippen LogP contribution in [0.4, 0.5) is 0 Å². The molecule has 0 saturated heterocycles. The van der Waals surface area contributed by atoms with Crippen LogP contribution in [-0.4, -0.2) is 23.5 Å². The summed E-state index contributed by atoms with van der Waals surface area (Å²) in [6, 6.07) is 0. The first-order valence-corrected chi connectivity index (χ1v) is 7.75. The first-order valence-electron chi connectivity index (χ1n) is 7.75. The van der Waals surface area contributed by atoms with Crippen LogP contribution in [0.15, 0.2) is 12.2 Å². The third-order valence-electron chi connectivity index (χ3n) is 4.19. The summed E-state index contributed by atoms with van der Waals surface area (Å²) in [7, 11) is 0. The van der Waals surface area contributed by atoms with E-state index in [9.17, 15) is 14.7 Å². The first kappa shape index (κ1) is 16.7. The normalized spacial score (nSPS) is 23.3. The van der Waals surface area contributed by atoms with Gasteiger partial charge in [-0.2, -0.15) is 0 Å². The predicted molar refractivity (Wildman–Crippen MR) is 79.3 cm³/mol. The highest BCUT2D eigenvalue weighted by Crippen LogP contribution is 2.26. The van der Waals surface area contributed by atoms with Crippen molar-refractivity contribution in [3.05, 3.63) is 12.2 Å². The molecule has 2 N–H and O–H groups in total. The van der Waals surface area contributed by atoms with Crippen molar-refractivity contribution in [3.8, 4) is 0 Å². The number of carbonyl (C=O) groups excluding carboxylic acids is 1. The van der Waals surface area contributed by atoms with E-state index < -0.39 is 17.8 Å². The molecule has 20 heavy (non-hydrogen) atoms. The minimum Gasteiger partial charge on any atom is -0.481 e. The Labute approximate surface area is 121 Å². The number of rotatable bonds is 8. The molecule has 114 valence electrons. The van der Waals surface area contributed by atoms with Crippen molar-refractivity contribution in [1.82, 2.24) is 5.32 Å². The van der Waals surface area contributed by atoms with Gasteiger partial charge in [-0.25, -0.2) is 0 Å². The van der Waals surface area contributed by atoms with Crippen molar-refractivity contribution in [2.75, 3.05) is 6.54 Å². The molecule has 0 heterocycles. The van der Waals surface area contributed by atoms with E-state index in [-0.39, 0.29) is 5.91 Å². The minimum atomic E-state index is -0.868. The third kappa shape index (κ3) is 4.99. The molecule has 0 bridgehead atoms. The average molecular weight is 281 g/mol. The molecule has 4 nitrogen and oxygen atoms in total. The van der Waals surface area contributed by atoms with Gasteiger partial charge in [0.25, 0.3) is 0 Å². The highest BCUT2D eigenvalue weighted by atomic mass is 16.4. The maximum atomic E-state index is 12.2. The number of hydrogen-bond donors (Lipinski definition) is 2. The molecule has 0 aliphatic heterocycles. The lowest BCUT2D eigenvalue weighted by Crippen LogP contribution is -2.40. The second kappa shape index (κ2) is 8.77. The van der Waals surface area contributed by atoms with Crippen LogP contribution in [0.2, 0.25) is 0 Å². The Morgan fingerprint density at radius 3 is 2.45 bits per heavy atom. The van der Waals surface area contributed by atoms with E-state index in [0.29, 0.717) is 25.3 Å². The van der Waals surface area contributed by atoms with E-state index in [0.717, 1.165) is 12.8 Å². The van der Waals surface area contributed by atoms with Crippen molar-refractivity contribution in [2.24, 2.45) is 17.8 Å². The second-order valence-electron chi connectivity index (χ2n) is 5.66. The van der Waals surface area contributed by atoms with Crippen LogP contribution in [0.5, 0.6) is 0 Å². The Balaban J connectivity index is 2.48. The van der Waals surface area contributed by atoms with Gasteiger partial charge in [-0.1, -0.05) is 45.3 Å². The van der Waals surface area contributed by atoms with Gasteiger partial charge in [0.05, 0.1) is 11.8 Å². The van der Waals surface area contributed by atoms with Crippen LogP contribution in [-0.2, 0) is 9.59 Å². The lowest BCUT2D eigenvalue weighted by molar-refractivity contribution is -0.147. The summed E-state index contributed by atoms with van der Waals surface area (Å²) in [4.78, 5) is 23.4. The number of hydrogen-bond acceptors (Lipinski definition) is 2. The van der Waals surface area contributed by atoms with Crippen LogP contribution < -0.4 is 5.32 Å². The molecule has 0 aromatic rings. The summed E-state index contributed by atoms with van der Waals surface area (Å²) in [6.07, 6.45) is 9.29. The molecule has 0 spiro atoms. The quantitative estimate of drug-likeness (QED) is 0.672. The van der Waals surface area contributed by atoms with E-state index in [1.165, 1.54) is 12.8 Å². The summed E-state index contributed by atoms with van der Waals surface area (Å²) in [5.74, 6) is -1.46. The number of nitrogens with one attached hydrogen (secondary N) is 1. The van der Waals surface area contributed by atoms with Crippen LogP contribution in [0.25, 0.3) is 0 Å². The van der Waals surface area contributed by atoms with E-state index in [1.54, 1.807) is 0 Å². The standard InChI is InChI=1S/C16H27NO3/c1-3-5-8-12(4-2)11-17-15(18)13-9-6-7-10-14(13)16(19)20/h6-7,12-14H,3-5,8-11H2,1-2H3,(H,17,18)(H,19,20)/t12-,13+,14-/m0/s1. The molecule has 0 aromatic carbocycles. The second-order valence-corrected chi connectivity index (χ2v) is 5.66. The summed E-state index contributed by atoms with van der Waals surface area (Å²) in [5.41, 5.74) is 0. The number of allylic oxidation sites excluding steroid dienone is 2. The zero-order chi connectivity index (χ0) is 15.0. The van der Waals surface area contributed by atoms with E-state index in [2.05, 4.69) is 19.2 Å². The lowest BCUT2D eigenvalue weighted by Gasteiger charge is -2.25. The molecule has 0 radical (unpaired) electrons. The lowest BCUT2D eigenvalue weighted by atomic mass is 9.82. The monoisotopic (exact) mass is 281 g/mol. The SMILES string of the molecule is CCCC[C@H](CC)CNC(=O)[C@@H]1CC=CC[C@@H]1C(=O)O. The average Bonchev–Trinajstić information content (AvgIpc) is 2.47. The summed E-state index contributed by atoms with van der Waals surface area (Å²) in [5, 5.41) is 12.1. The first-order chi connectivity index (χ1) is 9.60. The van der Waals surface area contributed by atoms with E-state index in [4.69, 9.17) is 0 Å². The molecule has 3 atom stereocenters. The summed E-state index contributed by atoms with van der Waals surface area (Å²) in [6.45, 7) is 4.97. The molecular formula is C16H27NO3. The van der Waals surface area contributed by atoms with E-state index in [1.807, 2.05) is 12.2 Å². The molecule has 1 rings (SSSR count). The van der Waals surface area contributed by atoms with Gasteiger partial charge in [-0.15, -0.1) is 0 Å². The fourth-order valence-electron chi connectivity index (χ4n) is 2.70. The fourth-order valence-corrected chi connectivity index (χ4v) is 2.70. The highest BCUT2D eigenvalue weighted by molar-refractivity contribution is 5.85. The number of carboxylic acids is 1. The summed E-state index contributed by atoms with van der Waals surface area (Å²) >= 11 is 0. The number of aliphatic carboxylic acids is 1. The van der Waals surface area contributed by atoms with Gasteiger partial charge in [0.15, 0.2) is 0 Å². The van der Waals surface area contributed by atoms with Gasteiger partial charge >= 0.3 is 5.97 Å². The van der Waals surface area contributed by atoms with Crippen molar-refractivity contribution in [2.45, 2.75) is 52.4 Å². The van der Waals surface area contributed by atoms with Crippen LogP contribution >= 0.6 is 0 Å². The Kier molecular flexibility index (Phi) is 7.34. The maximum Gasteiger partial charge on any atom is 0.307 e. The minimum absolute atomic E-state index is 0.100. The number of amides is 1. The molecular weight excluding hydrogens is 254 g/mol. The zero-order valence-corrected chi connectivity index (χ0v) is 12.6.